The number of carbonyl (C=O) groups excluding carboxylic acids is 1. The van der Waals surface area contributed by atoms with E-state index in [2.05, 4.69) is 0 Å². The average molecular weight is 269 g/mol. The molecule has 0 spiro atoms. The maximum atomic E-state index is 10.4. The Morgan fingerprint density at radius 1 is 0.895 bits per heavy atom. The second-order valence-electron chi connectivity index (χ2n) is 5.22. The summed E-state index contributed by atoms with van der Waals surface area (Å²) >= 11 is 0. The van der Waals surface area contributed by atoms with Crippen LogP contribution in [0.4, 0.5) is 0 Å². The van der Waals surface area contributed by atoms with Gasteiger partial charge in [0.25, 0.3) is 0 Å². The number of hydrogen-bond acceptors (Lipinski definition) is 3. The minimum Gasteiger partial charge on any atom is -0.545 e. The summed E-state index contributed by atoms with van der Waals surface area (Å²) in [4.78, 5) is 10.4. The number of allylic oxidation sites excluding steroid dienone is 1. The Bertz CT molecular complexity index is 246. The lowest BCUT2D eigenvalue weighted by Gasteiger charge is -2.03. The summed E-state index contributed by atoms with van der Waals surface area (Å²) in [7, 11) is 0. The van der Waals surface area contributed by atoms with Gasteiger partial charge in [-0.25, -0.2) is 0 Å². The molecule has 3 nitrogen and oxygen atoms in total. The number of carboxylic acids is 1. The molecule has 0 atom stereocenters. The highest BCUT2D eigenvalue weighted by Crippen LogP contribution is 2.11. The van der Waals surface area contributed by atoms with E-state index in [4.69, 9.17) is 5.11 Å². The van der Waals surface area contributed by atoms with Crippen LogP contribution in [-0.2, 0) is 4.79 Å². The van der Waals surface area contributed by atoms with Crippen LogP contribution < -0.4 is 5.11 Å². The van der Waals surface area contributed by atoms with Crippen molar-refractivity contribution in [1.29, 1.82) is 0 Å². The second-order valence-corrected chi connectivity index (χ2v) is 5.22. The fourth-order valence-corrected chi connectivity index (χ4v) is 2.07. The van der Waals surface area contributed by atoms with Gasteiger partial charge in [-0.15, -0.1) is 0 Å². The van der Waals surface area contributed by atoms with Crippen LogP contribution in [0.25, 0.3) is 0 Å². The molecular formula is C16H29O3-. The topological polar surface area (TPSA) is 60.4 Å². The molecule has 112 valence electrons. The maximum absolute atomic E-state index is 10.4. The van der Waals surface area contributed by atoms with Gasteiger partial charge in [0, 0.05) is 6.61 Å². The third kappa shape index (κ3) is 13.4. The number of carboxylic acid groups (broad SMARTS) is 1. The smallest absolute Gasteiger partial charge is 0.0668 e. The number of aliphatic carboxylic acids is 1. The highest BCUT2D eigenvalue weighted by Gasteiger charge is 1.93. The van der Waals surface area contributed by atoms with Crippen molar-refractivity contribution in [2.45, 2.75) is 77.6 Å². The van der Waals surface area contributed by atoms with Crippen LogP contribution in [0.15, 0.2) is 11.6 Å². The molecule has 0 bridgehead atoms. The molecule has 0 aliphatic rings. The molecule has 0 unspecified atom stereocenters. The third-order valence-electron chi connectivity index (χ3n) is 3.38. The largest absolute Gasteiger partial charge is 0.545 e. The zero-order valence-corrected chi connectivity index (χ0v) is 12.3. The van der Waals surface area contributed by atoms with Crippen molar-refractivity contribution >= 4 is 5.97 Å². The molecule has 0 radical (unpaired) electrons. The molecule has 0 amide bonds. The van der Waals surface area contributed by atoms with Gasteiger partial charge < -0.3 is 15.0 Å². The molecule has 0 aromatic heterocycles. The van der Waals surface area contributed by atoms with Crippen LogP contribution in [-0.4, -0.2) is 17.7 Å². The lowest BCUT2D eigenvalue weighted by Crippen LogP contribution is -2.22. The van der Waals surface area contributed by atoms with E-state index in [1.54, 1.807) is 13.0 Å². The number of rotatable bonds is 13. The Balaban J connectivity index is 3.15. The van der Waals surface area contributed by atoms with E-state index in [1.807, 2.05) is 0 Å². The fourth-order valence-electron chi connectivity index (χ4n) is 2.07. The van der Waals surface area contributed by atoms with Gasteiger partial charge in [0.2, 0.25) is 0 Å². The van der Waals surface area contributed by atoms with Gasteiger partial charge in [0.1, 0.15) is 0 Å². The lowest BCUT2D eigenvalue weighted by atomic mass is 10.1. The van der Waals surface area contributed by atoms with Gasteiger partial charge in [-0.3, -0.25) is 0 Å². The zero-order valence-electron chi connectivity index (χ0n) is 12.3. The zero-order chi connectivity index (χ0) is 14.3. The predicted molar refractivity (Wildman–Crippen MR) is 76.6 cm³/mol. The first-order valence-corrected chi connectivity index (χ1v) is 7.67. The summed E-state index contributed by atoms with van der Waals surface area (Å²) in [6, 6.07) is 0. The molecule has 0 saturated heterocycles. The SMILES string of the molecule is CC(=CCCCCCCCCCCCCO)C(=O)[O-]. The summed E-state index contributed by atoms with van der Waals surface area (Å²) in [6.07, 6.45) is 14.6. The summed E-state index contributed by atoms with van der Waals surface area (Å²) in [5, 5.41) is 19.1. The number of carbonyl (C=O) groups is 1. The molecule has 19 heavy (non-hydrogen) atoms. The van der Waals surface area contributed by atoms with Crippen molar-refractivity contribution in [3.63, 3.8) is 0 Å². The Kier molecular flexibility index (Phi) is 13.0. The van der Waals surface area contributed by atoms with E-state index < -0.39 is 5.97 Å². The normalized spacial score (nSPS) is 11.8. The second kappa shape index (κ2) is 13.6. The van der Waals surface area contributed by atoms with Crippen molar-refractivity contribution < 1.29 is 15.0 Å². The minimum atomic E-state index is -1.05. The van der Waals surface area contributed by atoms with Crippen molar-refractivity contribution in [2.24, 2.45) is 0 Å². The number of aliphatic hydroxyl groups excluding tert-OH is 1. The van der Waals surface area contributed by atoms with E-state index in [9.17, 15) is 9.90 Å². The molecule has 0 rings (SSSR count). The van der Waals surface area contributed by atoms with Crippen molar-refractivity contribution in [2.75, 3.05) is 6.61 Å². The summed E-state index contributed by atoms with van der Waals surface area (Å²) in [5.74, 6) is -1.05. The van der Waals surface area contributed by atoms with E-state index in [-0.39, 0.29) is 0 Å². The van der Waals surface area contributed by atoms with E-state index in [0.717, 1.165) is 25.7 Å². The number of aliphatic hydroxyl groups is 1. The van der Waals surface area contributed by atoms with Gasteiger partial charge >= 0.3 is 0 Å². The highest BCUT2D eigenvalue weighted by molar-refractivity contribution is 5.83. The number of hydrogen-bond donors (Lipinski definition) is 1. The van der Waals surface area contributed by atoms with Crippen LogP contribution in [0.1, 0.15) is 77.6 Å². The Hall–Kier alpha value is -0.830. The van der Waals surface area contributed by atoms with Crippen molar-refractivity contribution in [3.05, 3.63) is 11.6 Å². The molecule has 0 saturated carbocycles. The van der Waals surface area contributed by atoms with Gasteiger partial charge in [0.15, 0.2) is 0 Å². The summed E-state index contributed by atoms with van der Waals surface area (Å²) < 4.78 is 0. The molecule has 1 N–H and O–H groups in total. The average Bonchev–Trinajstić information content (AvgIpc) is 2.39. The van der Waals surface area contributed by atoms with E-state index >= 15 is 0 Å². The first-order valence-electron chi connectivity index (χ1n) is 7.67. The summed E-state index contributed by atoms with van der Waals surface area (Å²) in [5.41, 5.74) is 0.350. The van der Waals surface area contributed by atoms with Gasteiger partial charge in [-0.05, 0) is 31.8 Å². The first kappa shape index (κ1) is 18.2. The molecule has 0 aliphatic heterocycles. The van der Waals surface area contributed by atoms with E-state index in [0.29, 0.717) is 12.2 Å². The number of unbranched alkanes of at least 4 members (excludes halogenated alkanes) is 10. The maximum Gasteiger partial charge on any atom is 0.0668 e. The molecule has 0 aromatic rings. The Labute approximate surface area is 117 Å². The van der Waals surface area contributed by atoms with Gasteiger partial charge in [-0.2, -0.15) is 0 Å². The third-order valence-corrected chi connectivity index (χ3v) is 3.38. The Morgan fingerprint density at radius 3 is 1.74 bits per heavy atom. The van der Waals surface area contributed by atoms with E-state index in [1.165, 1.54) is 44.9 Å². The molecule has 0 heterocycles. The van der Waals surface area contributed by atoms with Crippen LogP contribution in [0.3, 0.4) is 0 Å². The lowest BCUT2D eigenvalue weighted by molar-refractivity contribution is -0.299. The Morgan fingerprint density at radius 2 is 1.32 bits per heavy atom. The predicted octanol–water partition coefficient (Wildman–Crippen LogP) is 2.97. The van der Waals surface area contributed by atoms with Crippen LogP contribution in [0, 0.1) is 0 Å². The quantitative estimate of drug-likeness (QED) is 0.413. The fraction of sp³-hybridized carbons (Fsp3) is 0.812. The van der Waals surface area contributed by atoms with Gasteiger partial charge in [-0.1, -0.05) is 57.4 Å². The molecule has 3 heteroatoms. The van der Waals surface area contributed by atoms with Crippen molar-refractivity contribution in [3.8, 4) is 0 Å². The van der Waals surface area contributed by atoms with Crippen molar-refractivity contribution in [1.82, 2.24) is 0 Å². The molecule has 0 aliphatic carbocycles. The summed E-state index contributed by atoms with van der Waals surface area (Å²) in [6.45, 7) is 1.91. The minimum absolute atomic E-state index is 0.325. The standard InChI is InChI=1S/C16H30O3/c1-15(16(18)19)13-11-9-7-5-3-2-4-6-8-10-12-14-17/h13,17H,2-12,14H2,1H3,(H,18,19)/p-1. The highest BCUT2D eigenvalue weighted by atomic mass is 16.4. The molecular weight excluding hydrogens is 240 g/mol. The first-order chi connectivity index (χ1) is 9.18. The molecule has 0 fully saturated rings. The van der Waals surface area contributed by atoms with Crippen LogP contribution in [0.5, 0.6) is 0 Å². The van der Waals surface area contributed by atoms with Crippen LogP contribution in [0.2, 0.25) is 0 Å². The monoisotopic (exact) mass is 269 g/mol. The van der Waals surface area contributed by atoms with Gasteiger partial charge in [0.05, 0.1) is 5.97 Å². The molecule has 0 aromatic carbocycles. The van der Waals surface area contributed by atoms with Crippen LogP contribution >= 0.6 is 0 Å².